The highest BCUT2D eigenvalue weighted by atomic mass is 19.1. The van der Waals surface area contributed by atoms with Crippen molar-refractivity contribution in [2.75, 3.05) is 5.73 Å². The third-order valence-corrected chi connectivity index (χ3v) is 1.46. The SMILES string of the molecule is Cc1c(F)cc(O)c(N)c1F. The number of hydrogen-bond acceptors (Lipinski definition) is 2. The van der Waals surface area contributed by atoms with Gasteiger partial charge in [-0.25, -0.2) is 8.78 Å². The lowest BCUT2D eigenvalue weighted by atomic mass is 10.2. The molecule has 1 aromatic rings. The number of hydrogen-bond donors (Lipinski definition) is 2. The molecule has 2 nitrogen and oxygen atoms in total. The smallest absolute Gasteiger partial charge is 0.155 e. The molecule has 0 aromatic heterocycles. The van der Waals surface area contributed by atoms with Gasteiger partial charge in [0.15, 0.2) is 5.82 Å². The van der Waals surface area contributed by atoms with Crippen molar-refractivity contribution in [2.24, 2.45) is 0 Å². The molecule has 11 heavy (non-hydrogen) atoms. The standard InChI is InChI=1S/C7H7F2NO/c1-3-4(8)2-5(11)7(10)6(3)9/h2,11H,10H2,1H3. The largest absolute Gasteiger partial charge is 0.506 e. The molecule has 0 unspecified atom stereocenters. The highest BCUT2D eigenvalue weighted by Crippen LogP contribution is 2.27. The maximum absolute atomic E-state index is 12.7. The van der Waals surface area contributed by atoms with Crippen LogP contribution in [0.15, 0.2) is 6.07 Å². The molecule has 0 spiro atoms. The van der Waals surface area contributed by atoms with E-state index in [0.717, 1.165) is 6.07 Å². The number of aromatic hydroxyl groups is 1. The minimum atomic E-state index is -0.900. The first kappa shape index (κ1) is 7.78. The second kappa shape index (κ2) is 2.38. The molecule has 0 heterocycles. The fourth-order valence-electron chi connectivity index (χ4n) is 0.725. The van der Waals surface area contributed by atoms with E-state index in [4.69, 9.17) is 10.8 Å². The summed E-state index contributed by atoms with van der Waals surface area (Å²) in [6, 6.07) is 0.785. The number of phenols is 1. The van der Waals surface area contributed by atoms with Crippen molar-refractivity contribution in [3.8, 4) is 5.75 Å². The van der Waals surface area contributed by atoms with E-state index in [1.807, 2.05) is 0 Å². The monoisotopic (exact) mass is 159 g/mol. The predicted molar refractivity (Wildman–Crippen MR) is 37.2 cm³/mol. The van der Waals surface area contributed by atoms with Crippen LogP contribution in [-0.2, 0) is 0 Å². The molecule has 0 saturated heterocycles. The van der Waals surface area contributed by atoms with E-state index in [1.165, 1.54) is 6.92 Å². The van der Waals surface area contributed by atoms with Crippen molar-refractivity contribution in [1.82, 2.24) is 0 Å². The van der Waals surface area contributed by atoms with Gasteiger partial charge in [-0.15, -0.1) is 0 Å². The first-order chi connectivity index (χ1) is 5.04. The third kappa shape index (κ3) is 1.11. The van der Waals surface area contributed by atoms with Gasteiger partial charge in [0.2, 0.25) is 0 Å². The van der Waals surface area contributed by atoms with Gasteiger partial charge in [0.25, 0.3) is 0 Å². The normalized spacial score (nSPS) is 10.1. The molecular weight excluding hydrogens is 152 g/mol. The Bertz CT molecular complexity index is 273. The molecule has 0 bridgehead atoms. The fourth-order valence-corrected chi connectivity index (χ4v) is 0.725. The Morgan fingerprint density at radius 3 is 2.55 bits per heavy atom. The molecule has 0 aliphatic heterocycles. The molecule has 3 N–H and O–H groups in total. The lowest BCUT2D eigenvalue weighted by molar-refractivity contribution is 0.462. The van der Waals surface area contributed by atoms with Crippen LogP contribution in [-0.4, -0.2) is 5.11 Å². The quantitative estimate of drug-likeness (QED) is 0.445. The van der Waals surface area contributed by atoms with Crippen LogP contribution in [0.25, 0.3) is 0 Å². The second-order valence-electron chi connectivity index (χ2n) is 2.23. The average molecular weight is 159 g/mol. The van der Waals surface area contributed by atoms with Crippen molar-refractivity contribution in [1.29, 1.82) is 0 Å². The Hall–Kier alpha value is -1.32. The highest BCUT2D eigenvalue weighted by molar-refractivity contribution is 5.55. The summed E-state index contributed by atoms with van der Waals surface area (Å²) in [6.07, 6.45) is 0. The van der Waals surface area contributed by atoms with Gasteiger partial charge in [-0.05, 0) is 6.92 Å². The summed E-state index contributed by atoms with van der Waals surface area (Å²) in [5.41, 5.74) is 4.47. The van der Waals surface area contributed by atoms with E-state index in [1.54, 1.807) is 0 Å². The number of nitrogen functional groups attached to an aromatic ring is 1. The summed E-state index contributed by atoms with van der Waals surface area (Å²) < 4.78 is 25.3. The lowest BCUT2D eigenvalue weighted by Gasteiger charge is -2.03. The maximum atomic E-state index is 12.7. The minimum Gasteiger partial charge on any atom is -0.506 e. The lowest BCUT2D eigenvalue weighted by Crippen LogP contribution is -1.96. The summed E-state index contributed by atoms with van der Waals surface area (Å²) in [5.74, 6) is -2.26. The van der Waals surface area contributed by atoms with Gasteiger partial charge >= 0.3 is 0 Å². The number of halogens is 2. The molecule has 1 rings (SSSR count). The molecule has 0 radical (unpaired) electrons. The summed E-state index contributed by atoms with van der Waals surface area (Å²) in [7, 11) is 0. The number of phenolic OH excluding ortho intramolecular Hbond substituents is 1. The third-order valence-electron chi connectivity index (χ3n) is 1.46. The summed E-state index contributed by atoms with van der Waals surface area (Å²) >= 11 is 0. The van der Waals surface area contributed by atoms with E-state index < -0.39 is 23.1 Å². The fraction of sp³-hybridized carbons (Fsp3) is 0.143. The van der Waals surface area contributed by atoms with Crippen LogP contribution in [0.3, 0.4) is 0 Å². The predicted octanol–water partition coefficient (Wildman–Crippen LogP) is 1.56. The van der Waals surface area contributed by atoms with Gasteiger partial charge in [0.05, 0.1) is 0 Å². The Kier molecular flexibility index (Phi) is 1.68. The summed E-state index contributed by atoms with van der Waals surface area (Å²) in [6.45, 7) is 1.25. The molecule has 0 aliphatic carbocycles. The molecule has 1 aromatic carbocycles. The minimum absolute atomic E-state index is 0.180. The zero-order chi connectivity index (χ0) is 8.59. The highest BCUT2D eigenvalue weighted by Gasteiger charge is 2.11. The van der Waals surface area contributed by atoms with Gasteiger partial charge in [-0.2, -0.15) is 0 Å². The van der Waals surface area contributed by atoms with Gasteiger partial charge in [-0.1, -0.05) is 0 Å². The molecule has 60 valence electrons. The average Bonchev–Trinajstić information content (AvgIpc) is 1.97. The topological polar surface area (TPSA) is 46.2 Å². The zero-order valence-electron chi connectivity index (χ0n) is 5.86. The summed E-state index contributed by atoms with van der Waals surface area (Å²) in [5, 5.41) is 8.80. The van der Waals surface area contributed by atoms with Gasteiger partial charge in [0.1, 0.15) is 17.3 Å². The number of benzene rings is 1. The summed E-state index contributed by atoms with van der Waals surface area (Å²) in [4.78, 5) is 0. The Labute approximate surface area is 62.3 Å². The van der Waals surface area contributed by atoms with Crippen LogP contribution in [0.1, 0.15) is 5.56 Å². The van der Waals surface area contributed by atoms with Crippen molar-refractivity contribution in [3.63, 3.8) is 0 Å². The van der Waals surface area contributed by atoms with E-state index in [-0.39, 0.29) is 5.56 Å². The van der Waals surface area contributed by atoms with Crippen LogP contribution in [0.4, 0.5) is 14.5 Å². The molecule has 0 aliphatic rings. The van der Waals surface area contributed by atoms with E-state index in [2.05, 4.69) is 0 Å². The van der Waals surface area contributed by atoms with E-state index in [0.29, 0.717) is 0 Å². The number of rotatable bonds is 0. The second-order valence-corrected chi connectivity index (χ2v) is 2.23. The molecule has 0 fully saturated rings. The first-order valence-electron chi connectivity index (χ1n) is 2.97. The van der Waals surface area contributed by atoms with Gasteiger partial charge in [0, 0.05) is 11.6 Å². The van der Waals surface area contributed by atoms with Crippen molar-refractivity contribution in [3.05, 3.63) is 23.3 Å². The van der Waals surface area contributed by atoms with Crippen LogP contribution < -0.4 is 5.73 Å². The number of anilines is 1. The van der Waals surface area contributed by atoms with Crippen molar-refractivity contribution < 1.29 is 13.9 Å². The maximum Gasteiger partial charge on any atom is 0.155 e. The molecular formula is C7H7F2NO. The van der Waals surface area contributed by atoms with Crippen molar-refractivity contribution >= 4 is 5.69 Å². The van der Waals surface area contributed by atoms with Gasteiger partial charge in [-0.3, -0.25) is 0 Å². The first-order valence-corrected chi connectivity index (χ1v) is 2.97. The zero-order valence-corrected chi connectivity index (χ0v) is 5.86. The Morgan fingerprint density at radius 2 is 2.00 bits per heavy atom. The molecule has 4 heteroatoms. The van der Waals surface area contributed by atoms with Crippen molar-refractivity contribution in [2.45, 2.75) is 6.92 Å². The van der Waals surface area contributed by atoms with Crippen LogP contribution in [0.2, 0.25) is 0 Å². The Balaban J connectivity index is 3.46. The van der Waals surface area contributed by atoms with Crippen LogP contribution in [0.5, 0.6) is 5.75 Å². The molecule has 0 saturated carbocycles. The van der Waals surface area contributed by atoms with Gasteiger partial charge < -0.3 is 10.8 Å². The van der Waals surface area contributed by atoms with E-state index >= 15 is 0 Å². The van der Waals surface area contributed by atoms with Crippen LogP contribution >= 0.6 is 0 Å². The molecule has 0 atom stereocenters. The number of nitrogens with two attached hydrogens (primary N) is 1. The van der Waals surface area contributed by atoms with E-state index in [9.17, 15) is 8.78 Å². The van der Waals surface area contributed by atoms with Crippen LogP contribution in [0, 0.1) is 18.6 Å². The molecule has 0 amide bonds. The Morgan fingerprint density at radius 1 is 1.45 bits per heavy atom.